The number of amides is 1. The highest BCUT2D eigenvalue weighted by molar-refractivity contribution is 7.92. The number of sulfonamides is 1. The number of halogens is 1. The molecule has 9 nitrogen and oxygen atoms in total. The van der Waals surface area contributed by atoms with Crippen LogP contribution in [0.1, 0.15) is 10.4 Å². The molecule has 0 radical (unpaired) electrons. The number of ether oxygens (including phenoxy) is 2. The normalized spacial score (nSPS) is 14.8. The van der Waals surface area contributed by atoms with Gasteiger partial charge < -0.3 is 20.1 Å². The molecule has 1 heterocycles. The Balaban J connectivity index is 0.00000364. The van der Waals surface area contributed by atoms with Gasteiger partial charge in [-0.2, -0.15) is 0 Å². The molecule has 1 saturated heterocycles. The van der Waals surface area contributed by atoms with E-state index in [1.165, 1.54) is 26.4 Å². The van der Waals surface area contributed by atoms with Crippen molar-refractivity contribution in [3.63, 3.8) is 0 Å². The van der Waals surface area contributed by atoms with Crippen molar-refractivity contribution in [1.82, 2.24) is 15.5 Å². The Bertz CT molecular complexity index is 739. The van der Waals surface area contributed by atoms with E-state index >= 15 is 0 Å². The summed E-state index contributed by atoms with van der Waals surface area (Å²) >= 11 is 0. The van der Waals surface area contributed by atoms with Crippen LogP contribution in [0.5, 0.6) is 11.5 Å². The van der Waals surface area contributed by atoms with Crippen LogP contribution < -0.4 is 24.8 Å². The zero-order valence-corrected chi connectivity index (χ0v) is 17.3. The Labute approximate surface area is 166 Å². The lowest BCUT2D eigenvalue weighted by Gasteiger charge is -2.27. The standard InChI is InChI=1S/C16H26N4O5S.ClH/c1-24-14-11-12(10-13(15(14)25-2)19-26(3,22)23)16(21)18-6-9-20-7-4-17-5-8-20;/h10-11,17,19H,4-9H2,1-3H3,(H,18,21);1H. The van der Waals surface area contributed by atoms with Crippen LogP contribution in [-0.2, 0) is 10.0 Å². The number of hydrogen-bond acceptors (Lipinski definition) is 7. The first-order valence-electron chi connectivity index (χ1n) is 8.29. The van der Waals surface area contributed by atoms with Crippen molar-refractivity contribution in [2.24, 2.45) is 0 Å². The zero-order chi connectivity index (χ0) is 19.2. The van der Waals surface area contributed by atoms with E-state index in [1.807, 2.05) is 0 Å². The second-order valence-corrected chi connectivity index (χ2v) is 7.73. The molecule has 1 aliphatic rings. The summed E-state index contributed by atoms with van der Waals surface area (Å²) in [6.45, 7) is 5.06. The summed E-state index contributed by atoms with van der Waals surface area (Å²) in [5.41, 5.74) is 0.440. The molecule has 0 atom stereocenters. The Morgan fingerprint density at radius 3 is 2.44 bits per heavy atom. The number of anilines is 1. The van der Waals surface area contributed by atoms with Crippen molar-refractivity contribution < 1.29 is 22.7 Å². The van der Waals surface area contributed by atoms with Crippen molar-refractivity contribution in [3.05, 3.63) is 17.7 Å². The lowest BCUT2D eigenvalue weighted by molar-refractivity contribution is 0.0947. The van der Waals surface area contributed by atoms with Gasteiger partial charge in [0.25, 0.3) is 5.91 Å². The molecule has 154 valence electrons. The fourth-order valence-electron chi connectivity index (χ4n) is 2.74. The summed E-state index contributed by atoms with van der Waals surface area (Å²) in [5, 5.41) is 6.13. The fraction of sp³-hybridized carbons (Fsp3) is 0.562. The molecular formula is C16H27ClN4O5S. The van der Waals surface area contributed by atoms with Crippen LogP contribution in [0.2, 0.25) is 0 Å². The van der Waals surface area contributed by atoms with E-state index in [-0.39, 0.29) is 41.1 Å². The van der Waals surface area contributed by atoms with Crippen molar-refractivity contribution in [2.75, 3.05) is 64.5 Å². The second-order valence-electron chi connectivity index (χ2n) is 5.98. The molecular weight excluding hydrogens is 396 g/mol. The van der Waals surface area contributed by atoms with Crippen LogP contribution in [0.3, 0.4) is 0 Å². The second kappa shape index (κ2) is 10.5. The molecule has 0 aromatic heterocycles. The van der Waals surface area contributed by atoms with Gasteiger partial charge in [0.05, 0.1) is 26.2 Å². The number of piperazine rings is 1. The highest BCUT2D eigenvalue weighted by atomic mass is 35.5. The molecule has 1 aromatic rings. The van der Waals surface area contributed by atoms with E-state index < -0.39 is 10.0 Å². The predicted molar refractivity (Wildman–Crippen MR) is 107 cm³/mol. The van der Waals surface area contributed by atoms with Gasteiger partial charge >= 0.3 is 0 Å². The molecule has 1 fully saturated rings. The number of rotatable bonds is 8. The first-order chi connectivity index (χ1) is 12.3. The lowest BCUT2D eigenvalue weighted by Crippen LogP contribution is -2.46. The summed E-state index contributed by atoms with van der Waals surface area (Å²) in [5.74, 6) is 0.182. The summed E-state index contributed by atoms with van der Waals surface area (Å²) in [6.07, 6.45) is 1.03. The quantitative estimate of drug-likeness (QED) is 0.546. The average molecular weight is 423 g/mol. The van der Waals surface area contributed by atoms with Gasteiger partial charge in [0.2, 0.25) is 10.0 Å². The number of hydrogen-bond donors (Lipinski definition) is 3. The van der Waals surface area contributed by atoms with E-state index in [0.29, 0.717) is 6.54 Å². The van der Waals surface area contributed by atoms with Crippen LogP contribution in [0.25, 0.3) is 0 Å². The predicted octanol–water partition coefficient (Wildman–Crippen LogP) is 0.132. The topological polar surface area (TPSA) is 109 Å². The van der Waals surface area contributed by atoms with Crippen molar-refractivity contribution in [2.45, 2.75) is 0 Å². The minimum absolute atomic E-state index is 0. The zero-order valence-electron chi connectivity index (χ0n) is 15.7. The van der Waals surface area contributed by atoms with E-state index in [1.54, 1.807) is 0 Å². The number of benzene rings is 1. The van der Waals surface area contributed by atoms with Crippen LogP contribution in [0.15, 0.2) is 12.1 Å². The maximum absolute atomic E-state index is 12.5. The molecule has 1 amide bonds. The summed E-state index contributed by atoms with van der Waals surface area (Å²) in [6, 6.07) is 2.95. The van der Waals surface area contributed by atoms with Gasteiger partial charge in [-0.05, 0) is 12.1 Å². The van der Waals surface area contributed by atoms with E-state index in [4.69, 9.17) is 9.47 Å². The summed E-state index contributed by atoms with van der Waals surface area (Å²) in [4.78, 5) is 14.7. The van der Waals surface area contributed by atoms with E-state index in [9.17, 15) is 13.2 Å². The number of methoxy groups -OCH3 is 2. The molecule has 2 rings (SSSR count). The SMILES string of the molecule is COc1cc(C(=O)NCCN2CCNCC2)cc(NS(C)(=O)=O)c1OC.Cl. The van der Waals surface area contributed by atoms with Crippen LogP contribution >= 0.6 is 12.4 Å². The molecule has 11 heteroatoms. The largest absolute Gasteiger partial charge is 0.493 e. The highest BCUT2D eigenvalue weighted by Gasteiger charge is 2.18. The Morgan fingerprint density at radius 1 is 1.22 bits per heavy atom. The minimum Gasteiger partial charge on any atom is -0.493 e. The van der Waals surface area contributed by atoms with Crippen LogP contribution in [0, 0.1) is 0 Å². The van der Waals surface area contributed by atoms with Crippen molar-refractivity contribution in [1.29, 1.82) is 0 Å². The maximum Gasteiger partial charge on any atom is 0.251 e. The Hall–Kier alpha value is -1.75. The van der Waals surface area contributed by atoms with Gasteiger partial charge in [0.15, 0.2) is 11.5 Å². The third-order valence-corrected chi connectivity index (χ3v) is 4.55. The number of nitrogens with one attached hydrogen (secondary N) is 3. The third-order valence-electron chi connectivity index (χ3n) is 3.96. The van der Waals surface area contributed by atoms with Crippen molar-refractivity contribution >= 4 is 34.0 Å². The smallest absolute Gasteiger partial charge is 0.251 e. The monoisotopic (exact) mass is 422 g/mol. The summed E-state index contributed by atoms with van der Waals surface area (Å²) in [7, 11) is -0.712. The average Bonchev–Trinajstić information content (AvgIpc) is 2.60. The van der Waals surface area contributed by atoms with Gasteiger partial charge in [0.1, 0.15) is 0 Å². The first kappa shape index (κ1) is 23.3. The van der Waals surface area contributed by atoms with Gasteiger partial charge in [0, 0.05) is 44.8 Å². The van der Waals surface area contributed by atoms with Gasteiger partial charge in [-0.1, -0.05) is 0 Å². The molecule has 0 spiro atoms. The van der Waals surface area contributed by atoms with Gasteiger partial charge in [-0.3, -0.25) is 14.4 Å². The lowest BCUT2D eigenvalue weighted by atomic mass is 10.1. The van der Waals surface area contributed by atoms with Gasteiger partial charge in [-0.15, -0.1) is 12.4 Å². The van der Waals surface area contributed by atoms with E-state index in [0.717, 1.165) is 39.0 Å². The van der Waals surface area contributed by atoms with Crippen LogP contribution in [0.4, 0.5) is 5.69 Å². The van der Waals surface area contributed by atoms with Crippen LogP contribution in [-0.4, -0.2) is 79.0 Å². The highest BCUT2D eigenvalue weighted by Crippen LogP contribution is 2.37. The molecule has 27 heavy (non-hydrogen) atoms. The molecule has 3 N–H and O–H groups in total. The van der Waals surface area contributed by atoms with Crippen molar-refractivity contribution in [3.8, 4) is 11.5 Å². The van der Waals surface area contributed by atoms with E-state index in [2.05, 4.69) is 20.3 Å². The Morgan fingerprint density at radius 2 is 1.89 bits per heavy atom. The molecule has 1 aliphatic heterocycles. The molecule has 0 bridgehead atoms. The summed E-state index contributed by atoms with van der Waals surface area (Å²) < 4.78 is 35.9. The number of nitrogens with zero attached hydrogens (tertiary/aromatic N) is 1. The number of carbonyl (C=O) groups excluding carboxylic acids is 1. The minimum atomic E-state index is -3.54. The Kier molecular flexibility index (Phi) is 9.10. The maximum atomic E-state index is 12.5. The number of carbonyl (C=O) groups is 1. The molecule has 0 aliphatic carbocycles. The molecule has 1 aromatic carbocycles. The fourth-order valence-corrected chi connectivity index (χ4v) is 3.29. The third kappa shape index (κ3) is 7.06. The van der Waals surface area contributed by atoms with Gasteiger partial charge in [-0.25, -0.2) is 8.42 Å². The molecule has 0 saturated carbocycles. The first-order valence-corrected chi connectivity index (χ1v) is 10.2. The molecule has 0 unspecified atom stereocenters.